The van der Waals surface area contributed by atoms with Crippen molar-refractivity contribution in [2.75, 3.05) is 5.32 Å². The van der Waals surface area contributed by atoms with Crippen LogP contribution >= 0.6 is 11.3 Å². The average Bonchev–Trinajstić information content (AvgIpc) is 2.88. The molecule has 0 saturated carbocycles. The molecule has 1 amide bonds. The minimum absolute atomic E-state index is 0.115. The molecule has 5 nitrogen and oxygen atoms in total. The molecule has 1 aromatic carbocycles. The fraction of sp³-hybridized carbons (Fsp3) is 0.133. The van der Waals surface area contributed by atoms with E-state index in [0.717, 1.165) is 11.2 Å². The molecule has 0 atom stereocenters. The molecule has 0 radical (unpaired) electrons. The third-order valence-electron chi connectivity index (χ3n) is 3.18. The molecule has 6 heteroatoms. The van der Waals surface area contributed by atoms with Gasteiger partial charge < -0.3 is 4.57 Å². The summed E-state index contributed by atoms with van der Waals surface area (Å²) in [5, 5.41) is 5.53. The Balaban J connectivity index is 2.06. The number of pyridine rings is 1. The van der Waals surface area contributed by atoms with E-state index in [9.17, 15) is 9.59 Å². The van der Waals surface area contributed by atoms with Crippen LogP contribution in [0, 0.1) is 6.92 Å². The Morgan fingerprint density at radius 3 is 2.81 bits per heavy atom. The average molecular weight is 299 g/mol. The van der Waals surface area contributed by atoms with E-state index in [2.05, 4.69) is 10.3 Å². The summed E-state index contributed by atoms with van der Waals surface area (Å²) in [5.41, 5.74) is 1.48. The maximum Gasteiger partial charge on any atom is 0.262 e. The molecule has 0 bridgehead atoms. The van der Waals surface area contributed by atoms with E-state index in [1.165, 1.54) is 11.3 Å². The zero-order chi connectivity index (χ0) is 15.0. The van der Waals surface area contributed by atoms with E-state index in [1.807, 2.05) is 31.5 Å². The summed E-state index contributed by atoms with van der Waals surface area (Å²) in [6.07, 6.45) is 1.56. The van der Waals surface area contributed by atoms with Crippen molar-refractivity contribution < 1.29 is 4.79 Å². The number of aryl methyl sites for hydroxylation is 2. The number of fused-ring (bicyclic) bond motifs is 1. The number of thiazole rings is 1. The van der Waals surface area contributed by atoms with Gasteiger partial charge in [-0.25, -0.2) is 4.98 Å². The van der Waals surface area contributed by atoms with E-state index in [4.69, 9.17) is 0 Å². The van der Waals surface area contributed by atoms with E-state index in [1.54, 1.807) is 22.9 Å². The summed E-state index contributed by atoms with van der Waals surface area (Å²) in [5.74, 6) is -0.435. The molecule has 0 aliphatic rings. The van der Waals surface area contributed by atoms with Crippen molar-refractivity contribution in [3.63, 3.8) is 0 Å². The molecule has 2 aromatic heterocycles. The number of benzene rings is 1. The summed E-state index contributed by atoms with van der Waals surface area (Å²) in [6.45, 7) is 1.85. The fourth-order valence-corrected chi connectivity index (χ4v) is 2.86. The number of carbonyl (C=O) groups excluding carboxylic acids is 1. The minimum Gasteiger partial charge on any atom is -0.350 e. The predicted molar refractivity (Wildman–Crippen MR) is 84.0 cm³/mol. The first-order valence-electron chi connectivity index (χ1n) is 6.38. The quantitative estimate of drug-likeness (QED) is 0.791. The zero-order valence-electron chi connectivity index (χ0n) is 11.6. The standard InChI is InChI=1S/C15H13N3O2S/c1-9-8-21-15(16-9)17-14(20)11-7-18(2)12-6-4-3-5-10(12)13(11)19/h3-8H,1-2H3,(H,16,17,20). The van der Waals surface area contributed by atoms with E-state index in [-0.39, 0.29) is 11.0 Å². The lowest BCUT2D eigenvalue weighted by Crippen LogP contribution is -2.23. The van der Waals surface area contributed by atoms with Crippen LogP contribution in [-0.4, -0.2) is 15.5 Å². The zero-order valence-corrected chi connectivity index (χ0v) is 12.4. The molecule has 0 unspecified atom stereocenters. The van der Waals surface area contributed by atoms with Crippen molar-refractivity contribution in [2.24, 2.45) is 7.05 Å². The van der Waals surface area contributed by atoms with Crippen molar-refractivity contribution >= 4 is 33.3 Å². The molecule has 3 rings (SSSR count). The number of nitrogens with one attached hydrogen (secondary N) is 1. The van der Waals surface area contributed by atoms with Crippen LogP contribution < -0.4 is 10.7 Å². The van der Waals surface area contributed by atoms with Gasteiger partial charge >= 0.3 is 0 Å². The first kappa shape index (κ1) is 13.5. The summed E-state index contributed by atoms with van der Waals surface area (Å²) in [4.78, 5) is 28.9. The van der Waals surface area contributed by atoms with Crippen LogP contribution in [0.4, 0.5) is 5.13 Å². The fourth-order valence-electron chi connectivity index (χ4n) is 2.18. The van der Waals surface area contributed by atoms with Gasteiger partial charge in [0.1, 0.15) is 5.56 Å². The van der Waals surface area contributed by atoms with Crippen LogP contribution in [0.1, 0.15) is 16.1 Å². The number of anilines is 1. The Hall–Kier alpha value is -2.47. The number of aromatic nitrogens is 2. The first-order valence-corrected chi connectivity index (χ1v) is 7.26. The molecule has 0 aliphatic carbocycles. The van der Waals surface area contributed by atoms with E-state index < -0.39 is 5.91 Å². The highest BCUT2D eigenvalue weighted by Gasteiger charge is 2.15. The topological polar surface area (TPSA) is 64.0 Å². The van der Waals surface area contributed by atoms with Crippen LogP contribution in [0.2, 0.25) is 0 Å². The Labute approximate surface area is 124 Å². The smallest absolute Gasteiger partial charge is 0.262 e. The molecule has 21 heavy (non-hydrogen) atoms. The summed E-state index contributed by atoms with van der Waals surface area (Å²) < 4.78 is 1.78. The third-order valence-corrected chi connectivity index (χ3v) is 4.06. The molecular formula is C15H13N3O2S. The molecule has 3 aromatic rings. The number of hydrogen-bond acceptors (Lipinski definition) is 4. The van der Waals surface area contributed by atoms with Crippen LogP contribution in [0.25, 0.3) is 10.9 Å². The molecule has 0 spiro atoms. The second-order valence-electron chi connectivity index (χ2n) is 4.75. The molecule has 106 valence electrons. The van der Waals surface area contributed by atoms with Crippen molar-refractivity contribution in [3.8, 4) is 0 Å². The maximum absolute atomic E-state index is 12.4. The number of hydrogen-bond donors (Lipinski definition) is 1. The lowest BCUT2D eigenvalue weighted by atomic mass is 10.1. The van der Waals surface area contributed by atoms with Gasteiger partial charge in [-0.05, 0) is 19.1 Å². The van der Waals surface area contributed by atoms with Gasteiger partial charge in [0, 0.05) is 24.0 Å². The van der Waals surface area contributed by atoms with Gasteiger partial charge in [0.2, 0.25) is 5.43 Å². The molecule has 0 aliphatic heterocycles. The van der Waals surface area contributed by atoms with Crippen LogP contribution in [0.3, 0.4) is 0 Å². The number of nitrogens with zero attached hydrogens (tertiary/aromatic N) is 2. The highest BCUT2D eigenvalue weighted by atomic mass is 32.1. The minimum atomic E-state index is -0.435. The van der Waals surface area contributed by atoms with Crippen molar-refractivity contribution in [2.45, 2.75) is 6.92 Å². The second-order valence-corrected chi connectivity index (χ2v) is 5.61. The van der Waals surface area contributed by atoms with Gasteiger partial charge in [-0.2, -0.15) is 0 Å². The largest absolute Gasteiger partial charge is 0.350 e. The van der Waals surface area contributed by atoms with Crippen molar-refractivity contribution in [1.29, 1.82) is 0 Å². The van der Waals surface area contributed by atoms with Crippen molar-refractivity contribution in [1.82, 2.24) is 9.55 Å². The Bertz CT molecular complexity index is 895. The van der Waals surface area contributed by atoms with Crippen LogP contribution in [0.5, 0.6) is 0 Å². The highest BCUT2D eigenvalue weighted by Crippen LogP contribution is 2.16. The predicted octanol–water partition coefficient (Wildman–Crippen LogP) is 2.56. The van der Waals surface area contributed by atoms with Gasteiger partial charge in [-0.15, -0.1) is 11.3 Å². The van der Waals surface area contributed by atoms with Gasteiger partial charge in [0.15, 0.2) is 5.13 Å². The Kier molecular flexibility index (Phi) is 3.31. The summed E-state index contributed by atoms with van der Waals surface area (Å²) in [6, 6.07) is 7.22. The SMILES string of the molecule is Cc1csc(NC(=O)c2cn(C)c3ccccc3c2=O)n1. The van der Waals surface area contributed by atoms with Gasteiger partial charge in [0.05, 0.1) is 11.2 Å². The van der Waals surface area contributed by atoms with Gasteiger partial charge in [-0.1, -0.05) is 12.1 Å². The normalized spacial score (nSPS) is 10.8. The molecule has 0 fully saturated rings. The van der Waals surface area contributed by atoms with Crippen molar-refractivity contribution in [3.05, 3.63) is 57.3 Å². The lowest BCUT2D eigenvalue weighted by Gasteiger charge is -2.08. The van der Waals surface area contributed by atoms with Gasteiger partial charge in [-0.3, -0.25) is 14.9 Å². The monoisotopic (exact) mass is 299 g/mol. The Morgan fingerprint density at radius 1 is 1.33 bits per heavy atom. The number of carbonyl (C=O) groups is 1. The van der Waals surface area contributed by atoms with Crippen LogP contribution in [0.15, 0.2) is 40.6 Å². The number of para-hydroxylation sites is 1. The first-order chi connectivity index (χ1) is 10.1. The van der Waals surface area contributed by atoms with Gasteiger partial charge in [0.25, 0.3) is 5.91 Å². The summed E-state index contributed by atoms with van der Waals surface area (Å²) in [7, 11) is 1.81. The summed E-state index contributed by atoms with van der Waals surface area (Å²) >= 11 is 1.33. The van der Waals surface area contributed by atoms with E-state index in [0.29, 0.717) is 10.5 Å². The Morgan fingerprint density at radius 2 is 2.10 bits per heavy atom. The number of rotatable bonds is 2. The molecule has 1 N–H and O–H groups in total. The van der Waals surface area contributed by atoms with E-state index >= 15 is 0 Å². The van der Waals surface area contributed by atoms with Crippen LogP contribution in [-0.2, 0) is 7.05 Å². The maximum atomic E-state index is 12.4. The molecule has 2 heterocycles. The third kappa shape index (κ3) is 2.45. The lowest BCUT2D eigenvalue weighted by molar-refractivity contribution is 0.102. The number of amides is 1. The molecule has 0 saturated heterocycles. The molecular weight excluding hydrogens is 286 g/mol. The second kappa shape index (κ2) is 5.14. The highest BCUT2D eigenvalue weighted by molar-refractivity contribution is 7.13.